The fourth-order valence-corrected chi connectivity index (χ4v) is 2.50. The maximum atomic E-state index is 13.5. The molecular formula is C16H22F2N2O3. The second kappa shape index (κ2) is 7.81. The summed E-state index contributed by atoms with van der Waals surface area (Å²) in [6.07, 6.45) is -0.267. The van der Waals surface area contributed by atoms with Crippen LogP contribution in [0.25, 0.3) is 0 Å². The monoisotopic (exact) mass is 328 g/mol. The topological polar surface area (TPSA) is 61.8 Å². The first-order chi connectivity index (χ1) is 10.9. The number of carbonyl (C=O) groups excluding carboxylic acids is 1. The van der Waals surface area contributed by atoms with Gasteiger partial charge in [-0.25, -0.2) is 8.78 Å². The molecule has 0 spiro atoms. The Kier molecular flexibility index (Phi) is 6.04. The highest BCUT2D eigenvalue weighted by atomic mass is 19.1. The molecule has 1 aromatic carbocycles. The van der Waals surface area contributed by atoms with Gasteiger partial charge in [-0.2, -0.15) is 0 Å². The molecule has 1 amide bonds. The average Bonchev–Trinajstić information content (AvgIpc) is 2.50. The normalized spacial score (nSPS) is 18.4. The zero-order valence-electron chi connectivity index (χ0n) is 13.1. The molecule has 7 heteroatoms. The van der Waals surface area contributed by atoms with E-state index in [1.807, 2.05) is 0 Å². The van der Waals surface area contributed by atoms with E-state index >= 15 is 0 Å². The van der Waals surface area contributed by atoms with Crippen molar-refractivity contribution >= 4 is 5.91 Å². The van der Waals surface area contributed by atoms with E-state index in [9.17, 15) is 18.7 Å². The number of morpholine rings is 1. The van der Waals surface area contributed by atoms with Crippen LogP contribution in [0.5, 0.6) is 0 Å². The number of amides is 1. The van der Waals surface area contributed by atoms with Crippen molar-refractivity contribution in [3.8, 4) is 0 Å². The third-order valence-electron chi connectivity index (χ3n) is 3.69. The molecule has 0 saturated carbocycles. The van der Waals surface area contributed by atoms with Crippen molar-refractivity contribution < 1.29 is 23.4 Å². The summed E-state index contributed by atoms with van der Waals surface area (Å²) in [5.74, 6) is -1.67. The standard InChI is InChI=1S/C16H22F2N2O3/c1-16(22,11-20-4-6-23-7-5-20)10-19-15(21)9-12-8-13(17)2-3-14(12)18/h2-3,8,22H,4-7,9-11H2,1H3,(H,19,21). The predicted molar refractivity (Wildman–Crippen MR) is 81.0 cm³/mol. The van der Waals surface area contributed by atoms with Gasteiger partial charge in [0.25, 0.3) is 0 Å². The molecule has 2 N–H and O–H groups in total. The van der Waals surface area contributed by atoms with E-state index in [-0.39, 0.29) is 18.5 Å². The molecule has 0 aliphatic carbocycles. The van der Waals surface area contributed by atoms with E-state index in [2.05, 4.69) is 10.2 Å². The second-order valence-corrected chi connectivity index (χ2v) is 6.07. The van der Waals surface area contributed by atoms with Gasteiger partial charge in [0, 0.05) is 31.7 Å². The molecule has 1 aliphatic rings. The molecule has 0 radical (unpaired) electrons. The largest absolute Gasteiger partial charge is 0.387 e. The van der Waals surface area contributed by atoms with E-state index < -0.39 is 23.1 Å². The van der Waals surface area contributed by atoms with Gasteiger partial charge < -0.3 is 15.2 Å². The van der Waals surface area contributed by atoms with E-state index in [1.165, 1.54) is 0 Å². The van der Waals surface area contributed by atoms with Crippen LogP contribution >= 0.6 is 0 Å². The third kappa shape index (κ3) is 5.85. The van der Waals surface area contributed by atoms with Gasteiger partial charge >= 0.3 is 0 Å². The van der Waals surface area contributed by atoms with Crippen molar-refractivity contribution in [1.29, 1.82) is 0 Å². The zero-order valence-corrected chi connectivity index (χ0v) is 13.1. The molecule has 1 atom stereocenters. The first kappa shape index (κ1) is 17.8. The minimum Gasteiger partial charge on any atom is -0.387 e. The molecule has 128 valence electrons. The van der Waals surface area contributed by atoms with Crippen LogP contribution in [0.2, 0.25) is 0 Å². The first-order valence-corrected chi connectivity index (χ1v) is 7.59. The highest BCUT2D eigenvalue weighted by Gasteiger charge is 2.26. The van der Waals surface area contributed by atoms with Crippen LogP contribution in [0, 0.1) is 11.6 Å². The Labute approximate surface area is 134 Å². The lowest BCUT2D eigenvalue weighted by Gasteiger charge is -2.33. The van der Waals surface area contributed by atoms with E-state index in [0.29, 0.717) is 19.8 Å². The summed E-state index contributed by atoms with van der Waals surface area (Å²) in [6, 6.07) is 3.00. The van der Waals surface area contributed by atoms with Crippen molar-refractivity contribution in [2.45, 2.75) is 18.9 Å². The van der Waals surface area contributed by atoms with Crippen molar-refractivity contribution in [2.24, 2.45) is 0 Å². The first-order valence-electron chi connectivity index (χ1n) is 7.59. The van der Waals surface area contributed by atoms with Crippen LogP contribution < -0.4 is 5.32 Å². The summed E-state index contributed by atoms with van der Waals surface area (Å²) in [6.45, 7) is 4.80. The molecule has 0 bridgehead atoms. The number of rotatable bonds is 6. The summed E-state index contributed by atoms with van der Waals surface area (Å²) >= 11 is 0. The minimum absolute atomic E-state index is 0.00433. The number of aliphatic hydroxyl groups is 1. The molecule has 1 aliphatic heterocycles. The number of hydrogen-bond acceptors (Lipinski definition) is 4. The minimum atomic E-state index is -1.10. The van der Waals surface area contributed by atoms with Crippen LogP contribution in [0.15, 0.2) is 18.2 Å². The van der Waals surface area contributed by atoms with Gasteiger partial charge in [0.1, 0.15) is 11.6 Å². The highest BCUT2D eigenvalue weighted by molar-refractivity contribution is 5.78. The van der Waals surface area contributed by atoms with Crippen LogP contribution in [0.4, 0.5) is 8.78 Å². The van der Waals surface area contributed by atoms with Crippen molar-refractivity contribution in [2.75, 3.05) is 39.4 Å². The number of carbonyl (C=O) groups is 1. The molecule has 2 rings (SSSR count). The van der Waals surface area contributed by atoms with Crippen molar-refractivity contribution in [3.05, 3.63) is 35.4 Å². The van der Waals surface area contributed by atoms with Crippen LogP contribution in [0.1, 0.15) is 12.5 Å². The maximum absolute atomic E-state index is 13.5. The highest BCUT2D eigenvalue weighted by Crippen LogP contribution is 2.11. The molecule has 5 nitrogen and oxygen atoms in total. The van der Waals surface area contributed by atoms with Crippen molar-refractivity contribution in [3.63, 3.8) is 0 Å². The van der Waals surface area contributed by atoms with Crippen LogP contribution in [-0.2, 0) is 16.0 Å². The summed E-state index contributed by atoms with van der Waals surface area (Å²) in [7, 11) is 0. The lowest BCUT2D eigenvalue weighted by molar-refractivity contribution is -0.122. The van der Waals surface area contributed by atoms with E-state index in [1.54, 1.807) is 6.92 Å². The molecule has 23 heavy (non-hydrogen) atoms. The predicted octanol–water partition coefficient (Wildman–Crippen LogP) is 0.707. The lowest BCUT2D eigenvalue weighted by atomic mass is 10.1. The molecule has 1 saturated heterocycles. The van der Waals surface area contributed by atoms with Gasteiger partial charge in [0.05, 0.1) is 25.2 Å². The van der Waals surface area contributed by atoms with Crippen LogP contribution in [-0.4, -0.2) is 60.9 Å². The lowest BCUT2D eigenvalue weighted by Crippen LogP contribution is -2.51. The number of benzene rings is 1. The molecule has 1 fully saturated rings. The van der Waals surface area contributed by atoms with Gasteiger partial charge in [0.2, 0.25) is 5.91 Å². The number of β-amino-alcohol motifs (C(OH)–C–C–N with tert-alkyl or cyclic N) is 1. The maximum Gasteiger partial charge on any atom is 0.224 e. The summed E-state index contributed by atoms with van der Waals surface area (Å²) in [4.78, 5) is 13.9. The van der Waals surface area contributed by atoms with Crippen molar-refractivity contribution in [1.82, 2.24) is 10.2 Å². The van der Waals surface area contributed by atoms with E-state index in [0.717, 1.165) is 31.3 Å². The van der Waals surface area contributed by atoms with Crippen LogP contribution in [0.3, 0.4) is 0 Å². The molecular weight excluding hydrogens is 306 g/mol. The SMILES string of the molecule is CC(O)(CNC(=O)Cc1cc(F)ccc1F)CN1CCOCC1. The Bertz CT molecular complexity index is 546. The molecule has 1 unspecified atom stereocenters. The summed E-state index contributed by atoms with van der Waals surface area (Å²) in [5.41, 5.74) is -1.11. The number of nitrogens with one attached hydrogen (secondary N) is 1. The Balaban J connectivity index is 1.81. The zero-order chi connectivity index (χ0) is 16.9. The summed E-state index contributed by atoms with van der Waals surface area (Å²) < 4.78 is 31.8. The van der Waals surface area contributed by atoms with Gasteiger partial charge in [0.15, 0.2) is 0 Å². The third-order valence-corrected chi connectivity index (χ3v) is 3.69. The number of hydrogen-bond donors (Lipinski definition) is 2. The van der Waals surface area contributed by atoms with E-state index in [4.69, 9.17) is 4.74 Å². The molecule has 1 aromatic rings. The smallest absolute Gasteiger partial charge is 0.224 e. The molecule has 1 heterocycles. The quantitative estimate of drug-likeness (QED) is 0.807. The number of ether oxygens (including phenoxy) is 1. The van der Waals surface area contributed by atoms with Gasteiger partial charge in [-0.1, -0.05) is 0 Å². The Morgan fingerprint density at radius 3 is 2.78 bits per heavy atom. The Hall–Kier alpha value is -1.57. The average molecular weight is 328 g/mol. The van der Waals surface area contributed by atoms with Gasteiger partial charge in [-0.15, -0.1) is 0 Å². The summed E-state index contributed by atoms with van der Waals surface area (Å²) in [5, 5.41) is 12.9. The number of halogens is 2. The van der Waals surface area contributed by atoms with Gasteiger partial charge in [-0.3, -0.25) is 9.69 Å². The fraction of sp³-hybridized carbons (Fsp3) is 0.562. The second-order valence-electron chi connectivity index (χ2n) is 6.07. The Morgan fingerprint density at radius 2 is 2.09 bits per heavy atom. The number of nitrogens with zero attached hydrogens (tertiary/aromatic N) is 1. The van der Waals surface area contributed by atoms with Gasteiger partial charge in [-0.05, 0) is 25.1 Å². The molecule has 0 aromatic heterocycles. The Morgan fingerprint density at radius 1 is 1.39 bits per heavy atom. The fourth-order valence-electron chi connectivity index (χ4n) is 2.50.